The van der Waals surface area contributed by atoms with Gasteiger partial charge in [0.25, 0.3) is 0 Å². The van der Waals surface area contributed by atoms with Crippen molar-refractivity contribution in [3.05, 3.63) is 71.8 Å². The molecule has 32 heavy (non-hydrogen) atoms. The third-order valence-electron chi connectivity index (χ3n) is 5.96. The number of nitrogens with one attached hydrogen (secondary N) is 1. The van der Waals surface area contributed by atoms with E-state index in [2.05, 4.69) is 5.32 Å². The quantitative estimate of drug-likeness (QED) is 0.560. The second-order valence-corrected chi connectivity index (χ2v) is 9.63. The van der Waals surface area contributed by atoms with Crippen molar-refractivity contribution in [1.29, 1.82) is 0 Å². The van der Waals surface area contributed by atoms with Gasteiger partial charge in [-0.15, -0.1) is 0 Å². The maximum Gasteiger partial charge on any atom is 0.242 e. The average molecular weight is 444 g/mol. The lowest BCUT2D eigenvalue weighted by atomic mass is 10.1. The molecule has 3 aromatic rings. The maximum atomic E-state index is 13.2. The number of para-hydroxylation sites is 1. The van der Waals surface area contributed by atoms with Crippen LogP contribution < -0.4 is 5.32 Å². The monoisotopic (exact) mass is 443 g/mol. The first kappa shape index (κ1) is 20.8. The molecule has 0 spiro atoms. The van der Waals surface area contributed by atoms with E-state index in [1.807, 2.05) is 79.4 Å². The number of amides is 2. The summed E-state index contributed by atoms with van der Waals surface area (Å²) in [5.74, 6) is -0.160. The Kier molecular flexibility index (Phi) is 5.47. The zero-order valence-electron chi connectivity index (χ0n) is 18.2. The Morgan fingerprint density at radius 3 is 2.47 bits per heavy atom. The first-order valence-corrected chi connectivity index (χ1v) is 11.8. The molecular formula is C26H25N3O2S. The number of rotatable bonds is 5. The van der Waals surface area contributed by atoms with Gasteiger partial charge in [0, 0.05) is 23.5 Å². The third kappa shape index (κ3) is 4.02. The van der Waals surface area contributed by atoms with Crippen LogP contribution in [0.2, 0.25) is 0 Å². The number of hydrogen-bond donors (Lipinski definition) is 1. The number of nitrogens with zero attached hydrogens (tertiary/aromatic N) is 2. The topological polar surface area (TPSA) is 61.8 Å². The molecule has 1 aliphatic carbocycles. The summed E-state index contributed by atoms with van der Waals surface area (Å²) >= 11 is 1.42. The molecule has 0 unspecified atom stereocenters. The van der Waals surface area contributed by atoms with Gasteiger partial charge in [-0.1, -0.05) is 66.4 Å². The van der Waals surface area contributed by atoms with Gasteiger partial charge in [-0.2, -0.15) is 0 Å². The van der Waals surface area contributed by atoms with Crippen molar-refractivity contribution >= 4 is 50.9 Å². The predicted molar refractivity (Wildman–Crippen MR) is 131 cm³/mol. The van der Waals surface area contributed by atoms with Gasteiger partial charge in [0.05, 0.1) is 5.69 Å². The van der Waals surface area contributed by atoms with E-state index in [4.69, 9.17) is 4.99 Å². The smallest absolute Gasteiger partial charge is 0.242 e. The molecule has 2 amide bonds. The van der Waals surface area contributed by atoms with Gasteiger partial charge in [-0.3, -0.25) is 14.5 Å². The normalized spacial score (nSPS) is 19.7. The Labute approximate surface area is 191 Å². The number of aryl methyl sites for hydroxylation is 2. The summed E-state index contributed by atoms with van der Waals surface area (Å²) in [6.07, 6.45) is 2.11. The molecule has 1 saturated carbocycles. The number of anilines is 1. The van der Waals surface area contributed by atoms with Gasteiger partial charge in [0.2, 0.25) is 11.8 Å². The number of fused-ring (bicyclic) bond motifs is 1. The fourth-order valence-corrected chi connectivity index (χ4v) is 5.34. The van der Waals surface area contributed by atoms with Crippen molar-refractivity contribution in [2.45, 2.75) is 44.4 Å². The molecule has 1 saturated heterocycles. The van der Waals surface area contributed by atoms with Crippen molar-refractivity contribution in [1.82, 2.24) is 4.90 Å². The van der Waals surface area contributed by atoms with Crippen molar-refractivity contribution in [3.63, 3.8) is 0 Å². The minimum atomic E-state index is -0.450. The largest absolute Gasteiger partial charge is 0.325 e. The van der Waals surface area contributed by atoms with Crippen LogP contribution in [0.1, 0.15) is 30.4 Å². The molecule has 6 heteroatoms. The fraction of sp³-hybridized carbons (Fsp3) is 0.269. The second-order valence-electron chi connectivity index (χ2n) is 8.46. The van der Waals surface area contributed by atoms with Crippen LogP contribution in [0.5, 0.6) is 0 Å². The van der Waals surface area contributed by atoms with E-state index >= 15 is 0 Å². The Bertz CT molecular complexity index is 1220. The SMILES string of the molecule is Cc1cccc(C)c1N=C1S[C@H](CC(=O)Nc2cccc3ccccc23)C(=O)N1C1CC1. The highest BCUT2D eigenvalue weighted by molar-refractivity contribution is 8.15. The molecule has 0 aromatic heterocycles. The van der Waals surface area contributed by atoms with E-state index in [0.29, 0.717) is 0 Å². The molecule has 2 fully saturated rings. The summed E-state index contributed by atoms with van der Waals surface area (Å²) in [5.41, 5.74) is 3.85. The highest BCUT2D eigenvalue weighted by Gasteiger charge is 2.46. The summed E-state index contributed by atoms with van der Waals surface area (Å²) in [6, 6.07) is 20.1. The van der Waals surface area contributed by atoms with Crippen molar-refractivity contribution in [2.75, 3.05) is 5.32 Å². The average Bonchev–Trinajstić information content (AvgIpc) is 3.56. The molecule has 1 atom stereocenters. The van der Waals surface area contributed by atoms with Crippen molar-refractivity contribution in [3.8, 4) is 0 Å². The van der Waals surface area contributed by atoms with Crippen molar-refractivity contribution < 1.29 is 9.59 Å². The summed E-state index contributed by atoms with van der Waals surface area (Å²) in [6.45, 7) is 4.06. The number of thioether (sulfide) groups is 1. The number of carbonyl (C=O) groups is 2. The van der Waals surface area contributed by atoms with Crippen LogP contribution in [0.4, 0.5) is 11.4 Å². The minimum absolute atomic E-state index is 0.00411. The molecule has 162 valence electrons. The van der Waals surface area contributed by atoms with Gasteiger partial charge >= 0.3 is 0 Å². The van der Waals surface area contributed by atoms with E-state index in [0.717, 1.165) is 51.3 Å². The van der Waals surface area contributed by atoms with Crippen LogP contribution in [-0.2, 0) is 9.59 Å². The maximum absolute atomic E-state index is 13.2. The molecule has 2 aliphatic rings. The van der Waals surface area contributed by atoms with Crippen LogP contribution in [0.25, 0.3) is 10.8 Å². The van der Waals surface area contributed by atoms with E-state index in [9.17, 15) is 9.59 Å². The Hall–Kier alpha value is -3.12. The number of benzene rings is 3. The lowest BCUT2D eigenvalue weighted by molar-refractivity contribution is -0.128. The zero-order chi connectivity index (χ0) is 22.2. The van der Waals surface area contributed by atoms with Gasteiger partial charge in [-0.25, -0.2) is 4.99 Å². The fourth-order valence-electron chi connectivity index (χ4n) is 4.14. The van der Waals surface area contributed by atoms with Crippen LogP contribution >= 0.6 is 11.8 Å². The lowest BCUT2D eigenvalue weighted by Gasteiger charge is -2.16. The number of carbonyl (C=O) groups excluding carboxylic acids is 2. The lowest BCUT2D eigenvalue weighted by Crippen LogP contribution is -2.35. The Morgan fingerprint density at radius 1 is 1.03 bits per heavy atom. The molecule has 1 aliphatic heterocycles. The van der Waals surface area contributed by atoms with Crippen LogP contribution in [-0.4, -0.2) is 33.2 Å². The first-order chi connectivity index (χ1) is 15.5. The van der Waals surface area contributed by atoms with E-state index in [1.165, 1.54) is 11.8 Å². The highest BCUT2D eigenvalue weighted by Crippen LogP contribution is 2.40. The molecule has 0 bridgehead atoms. The summed E-state index contributed by atoms with van der Waals surface area (Å²) < 4.78 is 0. The summed E-state index contributed by atoms with van der Waals surface area (Å²) in [4.78, 5) is 32.8. The number of amidine groups is 1. The standard InChI is InChI=1S/C26H25N3O2S/c1-16-7-5-8-17(2)24(16)28-26-29(19-13-14-19)25(31)22(32-26)15-23(30)27-21-12-6-10-18-9-3-4-11-20(18)21/h3-12,19,22H,13-15H2,1-2H3,(H,27,30)/t22-/m1/s1. The first-order valence-electron chi connectivity index (χ1n) is 10.9. The summed E-state index contributed by atoms with van der Waals surface area (Å²) in [7, 11) is 0. The molecule has 0 radical (unpaired) electrons. The van der Waals surface area contributed by atoms with E-state index < -0.39 is 5.25 Å². The second kappa shape index (κ2) is 8.43. The van der Waals surface area contributed by atoms with Crippen LogP contribution in [0.3, 0.4) is 0 Å². The zero-order valence-corrected chi connectivity index (χ0v) is 19.0. The Balaban J connectivity index is 1.37. The van der Waals surface area contributed by atoms with Crippen LogP contribution in [0, 0.1) is 13.8 Å². The minimum Gasteiger partial charge on any atom is -0.325 e. The highest BCUT2D eigenvalue weighted by atomic mass is 32.2. The molecule has 3 aromatic carbocycles. The van der Waals surface area contributed by atoms with E-state index in [1.54, 1.807) is 0 Å². The third-order valence-corrected chi connectivity index (χ3v) is 7.11. The summed E-state index contributed by atoms with van der Waals surface area (Å²) in [5, 5.41) is 5.34. The molecule has 1 heterocycles. The van der Waals surface area contributed by atoms with Crippen LogP contribution in [0.15, 0.2) is 65.7 Å². The molecule has 1 N–H and O–H groups in total. The predicted octanol–water partition coefficient (Wildman–Crippen LogP) is 5.58. The number of aliphatic imine (C=N–C) groups is 1. The molecular weight excluding hydrogens is 418 g/mol. The van der Waals surface area contributed by atoms with Gasteiger partial charge in [0.15, 0.2) is 5.17 Å². The molecule has 5 rings (SSSR count). The molecule has 5 nitrogen and oxygen atoms in total. The Morgan fingerprint density at radius 2 is 1.72 bits per heavy atom. The van der Waals surface area contributed by atoms with Gasteiger partial charge in [-0.05, 0) is 49.3 Å². The van der Waals surface area contributed by atoms with Gasteiger partial charge < -0.3 is 5.32 Å². The van der Waals surface area contributed by atoms with Gasteiger partial charge in [0.1, 0.15) is 5.25 Å². The van der Waals surface area contributed by atoms with E-state index in [-0.39, 0.29) is 24.3 Å². The number of hydrogen-bond acceptors (Lipinski definition) is 4. The van der Waals surface area contributed by atoms with Crippen molar-refractivity contribution in [2.24, 2.45) is 4.99 Å².